The molecule has 30 heavy (non-hydrogen) atoms. The van der Waals surface area contributed by atoms with E-state index in [1.54, 1.807) is 4.68 Å². The second-order valence-corrected chi connectivity index (χ2v) is 7.74. The van der Waals surface area contributed by atoms with Crippen molar-refractivity contribution in [1.29, 1.82) is 0 Å². The van der Waals surface area contributed by atoms with E-state index >= 15 is 0 Å². The van der Waals surface area contributed by atoms with Gasteiger partial charge in [-0.2, -0.15) is 10.1 Å². The highest BCUT2D eigenvalue weighted by atomic mass is 79.9. The number of rotatable bonds is 4. The van der Waals surface area contributed by atoms with Crippen LogP contribution in [0.4, 0.5) is 0 Å². The van der Waals surface area contributed by atoms with Crippen LogP contribution in [-0.2, 0) is 6.54 Å². The maximum atomic E-state index is 12.9. The predicted octanol–water partition coefficient (Wildman–Crippen LogP) is 3.75. The number of aromatic nitrogens is 6. The lowest BCUT2D eigenvalue weighted by molar-refractivity contribution is 0.369. The summed E-state index contributed by atoms with van der Waals surface area (Å²) >= 11 is 3.41. The number of hydrogen-bond acceptors (Lipinski definition) is 6. The zero-order valence-electron chi connectivity index (χ0n) is 15.9. The third-order valence-corrected chi connectivity index (χ3v) is 5.24. The summed E-state index contributed by atoms with van der Waals surface area (Å²) in [5.41, 5.74) is 3.09. The lowest BCUT2D eigenvalue weighted by Crippen LogP contribution is -2.21. The highest BCUT2D eigenvalue weighted by molar-refractivity contribution is 9.10. The summed E-state index contributed by atoms with van der Waals surface area (Å²) in [7, 11) is 0. The van der Waals surface area contributed by atoms with Crippen LogP contribution in [0.2, 0.25) is 0 Å². The lowest BCUT2D eigenvalue weighted by atomic mass is 10.1. The Balaban J connectivity index is 1.46. The fourth-order valence-electron chi connectivity index (χ4n) is 3.12. The molecule has 3 aromatic heterocycles. The van der Waals surface area contributed by atoms with Crippen molar-refractivity contribution in [2.24, 2.45) is 0 Å². The van der Waals surface area contributed by atoms with Crippen molar-refractivity contribution in [2.75, 3.05) is 0 Å². The average molecular weight is 463 g/mol. The zero-order valence-corrected chi connectivity index (χ0v) is 17.4. The van der Waals surface area contributed by atoms with Crippen molar-refractivity contribution in [1.82, 2.24) is 29.5 Å². The summed E-state index contributed by atoms with van der Waals surface area (Å²) in [5.74, 6) is 0.810. The summed E-state index contributed by atoms with van der Waals surface area (Å²) in [6.45, 7) is 2.14. The van der Waals surface area contributed by atoms with Crippen LogP contribution in [0.25, 0.3) is 28.1 Å². The average Bonchev–Trinajstić information content (AvgIpc) is 3.39. The summed E-state index contributed by atoms with van der Waals surface area (Å²) in [4.78, 5) is 21.7. The van der Waals surface area contributed by atoms with Gasteiger partial charge in [0.15, 0.2) is 5.65 Å². The van der Waals surface area contributed by atoms with Crippen LogP contribution in [-0.4, -0.2) is 29.5 Å². The number of halogens is 1. The highest BCUT2D eigenvalue weighted by Gasteiger charge is 2.14. The van der Waals surface area contributed by atoms with Crippen LogP contribution in [0, 0.1) is 6.92 Å². The number of hydrogen-bond donors (Lipinski definition) is 0. The molecule has 0 unspecified atom stereocenters. The van der Waals surface area contributed by atoms with Crippen LogP contribution >= 0.6 is 15.9 Å². The molecule has 0 aliphatic rings. The molecule has 9 heteroatoms. The van der Waals surface area contributed by atoms with Gasteiger partial charge in [0.1, 0.15) is 18.3 Å². The van der Waals surface area contributed by atoms with Crippen molar-refractivity contribution < 1.29 is 4.52 Å². The Hall–Kier alpha value is -3.59. The molecule has 5 rings (SSSR count). The Labute approximate surface area is 178 Å². The SMILES string of the molecule is Cc1ccc(-c2noc(Cn3cnc4c(cnn4-c4ccc(Br)cc4)c3=O)n2)cc1. The summed E-state index contributed by atoms with van der Waals surface area (Å²) < 4.78 is 9.36. The Kier molecular flexibility index (Phi) is 4.51. The fraction of sp³-hybridized carbons (Fsp3) is 0.0952. The van der Waals surface area contributed by atoms with E-state index in [1.807, 2.05) is 55.5 Å². The first-order valence-electron chi connectivity index (χ1n) is 9.17. The molecule has 0 spiro atoms. The number of nitrogens with zero attached hydrogens (tertiary/aromatic N) is 6. The molecule has 0 aliphatic carbocycles. The largest absolute Gasteiger partial charge is 0.337 e. The van der Waals surface area contributed by atoms with E-state index in [9.17, 15) is 4.79 Å². The van der Waals surface area contributed by atoms with Gasteiger partial charge in [-0.15, -0.1) is 0 Å². The van der Waals surface area contributed by atoms with Crippen molar-refractivity contribution in [3.63, 3.8) is 0 Å². The van der Waals surface area contributed by atoms with Crippen molar-refractivity contribution >= 4 is 27.0 Å². The standard InChI is InChI=1S/C21H15BrN6O2/c1-13-2-4-14(5-3-13)19-25-18(30-26-19)11-27-12-23-20-17(21(27)29)10-24-28(20)16-8-6-15(22)7-9-16/h2-10,12H,11H2,1H3. The topological polar surface area (TPSA) is 91.6 Å². The van der Waals surface area contributed by atoms with Crippen LogP contribution in [0.5, 0.6) is 0 Å². The molecule has 0 atom stereocenters. The van der Waals surface area contributed by atoms with Gasteiger partial charge in [0.2, 0.25) is 11.7 Å². The molecule has 0 saturated heterocycles. The molecule has 0 N–H and O–H groups in total. The quantitative estimate of drug-likeness (QED) is 0.403. The van der Waals surface area contributed by atoms with Crippen molar-refractivity contribution in [3.05, 3.63) is 87.3 Å². The van der Waals surface area contributed by atoms with Crippen molar-refractivity contribution in [2.45, 2.75) is 13.5 Å². The van der Waals surface area contributed by atoms with Gasteiger partial charge < -0.3 is 4.52 Å². The van der Waals surface area contributed by atoms with Crippen LogP contribution in [0.1, 0.15) is 11.5 Å². The first kappa shape index (κ1) is 18.4. The van der Waals surface area contributed by atoms with E-state index < -0.39 is 0 Å². The Bertz CT molecular complexity index is 1400. The summed E-state index contributed by atoms with van der Waals surface area (Å²) in [6.07, 6.45) is 2.99. The van der Waals surface area contributed by atoms with Gasteiger partial charge in [-0.3, -0.25) is 9.36 Å². The van der Waals surface area contributed by atoms with Gasteiger partial charge in [-0.1, -0.05) is 50.9 Å². The van der Waals surface area contributed by atoms with E-state index in [0.717, 1.165) is 21.3 Å². The molecule has 0 fully saturated rings. The minimum absolute atomic E-state index is 0.129. The minimum Gasteiger partial charge on any atom is -0.337 e. The van der Waals surface area contributed by atoms with Crippen LogP contribution in [0.15, 0.2) is 74.8 Å². The second kappa shape index (κ2) is 7.34. The maximum Gasteiger partial charge on any atom is 0.264 e. The molecule has 0 bridgehead atoms. The number of benzene rings is 2. The van der Waals surface area contributed by atoms with E-state index in [4.69, 9.17) is 4.52 Å². The zero-order chi connectivity index (χ0) is 20.7. The molecule has 2 aromatic carbocycles. The van der Waals surface area contributed by atoms with Crippen LogP contribution in [0.3, 0.4) is 0 Å². The minimum atomic E-state index is -0.224. The molecular formula is C21H15BrN6O2. The fourth-order valence-corrected chi connectivity index (χ4v) is 3.38. The van der Waals surface area contributed by atoms with Gasteiger partial charge in [0, 0.05) is 10.0 Å². The Morgan fingerprint density at radius 3 is 2.60 bits per heavy atom. The first-order valence-corrected chi connectivity index (χ1v) is 9.96. The van der Waals surface area contributed by atoms with Gasteiger partial charge in [0.25, 0.3) is 5.56 Å². The molecule has 8 nitrogen and oxygen atoms in total. The third kappa shape index (κ3) is 3.33. The van der Waals surface area contributed by atoms with E-state index in [1.165, 1.54) is 17.1 Å². The lowest BCUT2D eigenvalue weighted by Gasteiger charge is -2.04. The van der Waals surface area contributed by atoms with Crippen molar-refractivity contribution in [3.8, 4) is 17.1 Å². The first-order chi connectivity index (χ1) is 14.6. The molecule has 0 radical (unpaired) electrons. The highest BCUT2D eigenvalue weighted by Crippen LogP contribution is 2.18. The smallest absolute Gasteiger partial charge is 0.264 e. The van der Waals surface area contributed by atoms with Gasteiger partial charge in [-0.05, 0) is 31.2 Å². The molecule has 0 aliphatic heterocycles. The van der Waals surface area contributed by atoms with E-state index in [0.29, 0.717) is 22.7 Å². The molecule has 5 aromatic rings. The predicted molar refractivity (Wildman–Crippen MR) is 114 cm³/mol. The maximum absolute atomic E-state index is 12.9. The summed E-state index contributed by atoms with van der Waals surface area (Å²) in [5, 5.41) is 8.76. The normalized spacial score (nSPS) is 11.3. The van der Waals surface area contributed by atoms with Gasteiger partial charge in [-0.25, -0.2) is 9.67 Å². The third-order valence-electron chi connectivity index (χ3n) is 4.71. The molecule has 3 heterocycles. The van der Waals surface area contributed by atoms with Gasteiger partial charge in [0.05, 0.1) is 11.9 Å². The Morgan fingerprint density at radius 2 is 1.83 bits per heavy atom. The van der Waals surface area contributed by atoms with E-state index in [2.05, 4.69) is 36.2 Å². The molecule has 148 valence electrons. The summed E-state index contributed by atoms with van der Waals surface area (Å²) in [6, 6.07) is 15.4. The monoisotopic (exact) mass is 462 g/mol. The Morgan fingerprint density at radius 1 is 1.07 bits per heavy atom. The van der Waals surface area contributed by atoms with Crippen LogP contribution < -0.4 is 5.56 Å². The second-order valence-electron chi connectivity index (χ2n) is 6.83. The molecule has 0 amide bonds. The molecule has 0 saturated carbocycles. The number of aryl methyl sites for hydroxylation is 1. The number of fused-ring (bicyclic) bond motifs is 1. The molecular weight excluding hydrogens is 448 g/mol. The van der Waals surface area contributed by atoms with Gasteiger partial charge >= 0.3 is 0 Å². The van der Waals surface area contributed by atoms with E-state index in [-0.39, 0.29) is 12.1 Å².